The van der Waals surface area contributed by atoms with Crippen molar-refractivity contribution in [2.24, 2.45) is 0 Å². The lowest BCUT2D eigenvalue weighted by molar-refractivity contribution is 0.281. The van der Waals surface area contributed by atoms with Crippen LogP contribution in [0.25, 0.3) is 10.9 Å². The maximum atomic E-state index is 12.0. The monoisotopic (exact) mass is 301 g/mol. The van der Waals surface area contributed by atoms with Crippen LogP contribution in [-0.4, -0.2) is 9.97 Å². The number of H-pyrrole nitrogens is 1. The molecule has 0 saturated heterocycles. The first kappa shape index (κ1) is 13.5. The fourth-order valence-electron chi connectivity index (χ4n) is 1.98. The van der Waals surface area contributed by atoms with Crippen molar-refractivity contribution in [2.45, 2.75) is 6.61 Å². The Bertz CT molecular complexity index is 861. The molecule has 106 valence electrons. The summed E-state index contributed by atoms with van der Waals surface area (Å²) in [6.07, 6.45) is 0. The van der Waals surface area contributed by atoms with E-state index in [0.717, 1.165) is 5.56 Å². The number of aromatic amines is 1. The lowest BCUT2D eigenvalue weighted by Gasteiger charge is -2.06. The van der Waals surface area contributed by atoms with Gasteiger partial charge in [0.2, 0.25) is 0 Å². The topological polar surface area (TPSA) is 81.0 Å². The Balaban J connectivity index is 1.88. The molecule has 0 atom stereocenters. The van der Waals surface area contributed by atoms with Crippen molar-refractivity contribution in [1.82, 2.24) is 9.97 Å². The second-order valence-corrected chi connectivity index (χ2v) is 5.00. The largest absolute Gasteiger partial charge is 0.460 e. The minimum Gasteiger partial charge on any atom is -0.460 e. The highest BCUT2D eigenvalue weighted by Crippen LogP contribution is 2.15. The Morgan fingerprint density at radius 2 is 2.10 bits per heavy atom. The zero-order valence-electron chi connectivity index (χ0n) is 11.0. The van der Waals surface area contributed by atoms with Gasteiger partial charge in [0, 0.05) is 10.7 Å². The predicted octanol–water partition coefficient (Wildman–Crippen LogP) is 2.74. The number of ether oxygens (including phenoxy) is 1. The van der Waals surface area contributed by atoms with Gasteiger partial charge in [0.15, 0.2) is 0 Å². The average Bonchev–Trinajstić information content (AvgIpc) is 2.46. The van der Waals surface area contributed by atoms with E-state index in [1.54, 1.807) is 30.3 Å². The molecular formula is C15H12ClN3O2. The Kier molecular flexibility index (Phi) is 3.50. The van der Waals surface area contributed by atoms with Gasteiger partial charge in [-0.1, -0.05) is 23.7 Å². The van der Waals surface area contributed by atoms with Crippen LogP contribution in [0.5, 0.6) is 6.01 Å². The van der Waals surface area contributed by atoms with Crippen LogP contribution in [0.2, 0.25) is 5.02 Å². The number of fused-ring (bicyclic) bond motifs is 1. The van der Waals surface area contributed by atoms with E-state index in [-0.39, 0.29) is 18.2 Å². The number of nitrogens with one attached hydrogen (secondary N) is 1. The van der Waals surface area contributed by atoms with Crippen molar-refractivity contribution in [2.75, 3.05) is 5.73 Å². The summed E-state index contributed by atoms with van der Waals surface area (Å²) in [6, 6.07) is 12.4. The van der Waals surface area contributed by atoms with Gasteiger partial charge >= 0.3 is 0 Å². The van der Waals surface area contributed by atoms with Crippen LogP contribution in [0.3, 0.4) is 0 Å². The van der Waals surface area contributed by atoms with Crippen LogP contribution < -0.4 is 16.0 Å². The standard InChI is InChI=1S/C15H12ClN3O2/c16-10-3-1-2-9(6-10)8-21-15-18-13-5-4-11(17)7-12(13)14(20)19-15/h1-7H,8,17H2,(H,18,19,20). The van der Waals surface area contributed by atoms with E-state index >= 15 is 0 Å². The first-order valence-electron chi connectivity index (χ1n) is 6.28. The summed E-state index contributed by atoms with van der Waals surface area (Å²) in [5.41, 5.74) is 7.31. The van der Waals surface area contributed by atoms with Crippen LogP contribution in [0.15, 0.2) is 47.3 Å². The number of benzene rings is 2. The minimum absolute atomic E-state index is 0.164. The van der Waals surface area contributed by atoms with Gasteiger partial charge in [-0.05, 0) is 35.9 Å². The minimum atomic E-state index is -0.284. The molecule has 0 bridgehead atoms. The molecule has 5 nitrogen and oxygen atoms in total. The summed E-state index contributed by atoms with van der Waals surface area (Å²) in [5, 5.41) is 1.07. The van der Waals surface area contributed by atoms with Gasteiger partial charge < -0.3 is 10.5 Å². The van der Waals surface area contributed by atoms with Gasteiger partial charge in [-0.15, -0.1) is 0 Å². The molecule has 0 radical (unpaired) electrons. The third-order valence-corrected chi connectivity index (χ3v) is 3.21. The summed E-state index contributed by atoms with van der Waals surface area (Å²) >= 11 is 5.90. The van der Waals surface area contributed by atoms with Gasteiger partial charge in [-0.3, -0.25) is 9.78 Å². The zero-order chi connectivity index (χ0) is 14.8. The number of nitrogens with zero attached hydrogens (tertiary/aromatic N) is 1. The Labute approximate surface area is 125 Å². The van der Waals surface area contributed by atoms with Crippen molar-refractivity contribution < 1.29 is 4.74 Å². The van der Waals surface area contributed by atoms with Crippen molar-refractivity contribution in [3.63, 3.8) is 0 Å². The third-order valence-electron chi connectivity index (χ3n) is 2.97. The van der Waals surface area contributed by atoms with Crippen LogP contribution in [0.1, 0.15) is 5.56 Å². The van der Waals surface area contributed by atoms with Crippen LogP contribution in [-0.2, 0) is 6.61 Å². The number of aromatic nitrogens is 2. The maximum absolute atomic E-state index is 12.0. The molecule has 3 rings (SSSR count). The normalized spacial score (nSPS) is 10.7. The highest BCUT2D eigenvalue weighted by molar-refractivity contribution is 6.30. The Morgan fingerprint density at radius 3 is 2.90 bits per heavy atom. The van der Waals surface area contributed by atoms with Crippen LogP contribution >= 0.6 is 11.6 Å². The van der Waals surface area contributed by atoms with E-state index < -0.39 is 0 Å². The molecule has 6 heteroatoms. The maximum Gasteiger partial charge on any atom is 0.297 e. The van der Waals surface area contributed by atoms with Crippen molar-refractivity contribution in [3.8, 4) is 6.01 Å². The number of rotatable bonds is 3. The Hall–Kier alpha value is -2.53. The van der Waals surface area contributed by atoms with E-state index in [1.165, 1.54) is 0 Å². The quantitative estimate of drug-likeness (QED) is 0.729. The zero-order valence-corrected chi connectivity index (χ0v) is 11.7. The molecule has 3 N–H and O–H groups in total. The first-order valence-corrected chi connectivity index (χ1v) is 6.66. The van der Waals surface area contributed by atoms with Gasteiger partial charge in [-0.2, -0.15) is 4.98 Å². The lowest BCUT2D eigenvalue weighted by Crippen LogP contribution is -2.11. The van der Waals surface area contributed by atoms with E-state index in [0.29, 0.717) is 21.6 Å². The molecule has 0 saturated carbocycles. The van der Waals surface area contributed by atoms with Gasteiger partial charge in [-0.25, -0.2) is 0 Å². The molecular weight excluding hydrogens is 290 g/mol. The summed E-state index contributed by atoms with van der Waals surface area (Å²) in [4.78, 5) is 18.8. The van der Waals surface area contributed by atoms with Crippen molar-refractivity contribution in [3.05, 3.63) is 63.4 Å². The molecule has 0 fully saturated rings. The molecule has 1 aromatic heterocycles. The second kappa shape index (κ2) is 5.46. The molecule has 2 aromatic carbocycles. The number of hydrogen-bond donors (Lipinski definition) is 2. The SMILES string of the molecule is Nc1ccc2nc(OCc3cccc(Cl)c3)[nH]c(=O)c2c1. The first-order chi connectivity index (χ1) is 10.1. The molecule has 0 aliphatic carbocycles. The smallest absolute Gasteiger partial charge is 0.297 e. The fraction of sp³-hybridized carbons (Fsp3) is 0.0667. The molecule has 21 heavy (non-hydrogen) atoms. The van der Waals surface area contributed by atoms with E-state index in [2.05, 4.69) is 9.97 Å². The van der Waals surface area contributed by atoms with Crippen molar-refractivity contribution >= 4 is 28.2 Å². The summed E-state index contributed by atoms with van der Waals surface area (Å²) < 4.78 is 5.51. The highest BCUT2D eigenvalue weighted by Gasteiger charge is 2.05. The molecule has 0 amide bonds. The van der Waals surface area contributed by atoms with Gasteiger partial charge in [0.25, 0.3) is 11.6 Å². The highest BCUT2D eigenvalue weighted by atomic mass is 35.5. The van der Waals surface area contributed by atoms with Gasteiger partial charge in [0.1, 0.15) is 6.61 Å². The molecule has 1 heterocycles. The number of nitrogens with two attached hydrogens (primary N) is 1. The van der Waals surface area contributed by atoms with Crippen LogP contribution in [0, 0.1) is 0 Å². The number of halogens is 1. The number of anilines is 1. The van der Waals surface area contributed by atoms with Crippen LogP contribution in [0.4, 0.5) is 5.69 Å². The fourth-order valence-corrected chi connectivity index (χ4v) is 2.19. The Morgan fingerprint density at radius 1 is 1.24 bits per heavy atom. The average molecular weight is 302 g/mol. The lowest BCUT2D eigenvalue weighted by atomic mass is 10.2. The number of nitrogen functional groups attached to an aromatic ring is 1. The third kappa shape index (κ3) is 2.98. The second-order valence-electron chi connectivity index (χ2n) is 4.57. The molecule has 0 unspecified atom stereocenters. The molecule has 3 aromatic rings. The van der Waals surface area contributed by atoms with E-state index in [1.807, 2.05) is 12.1 Å². The summed E-state index contributed by atoms with van der Waals surface area (Å²) in [6.45, 7) is 0.268. The van der Waals surface area contributed by atoms with E-state index in [9.17, 15) is 4.79 Å². The summed E-state index contributed by atoms with van der Waals surface area (Å²) in [5.74, 6) is 0. The van der Waals surface area contributed by atoms with E-state index in [4.69, 9.17) is 22.1 Å². The summed E-state index contributed by atoms with van der Waals surface area (Å²) in [7, 11) is 0. The molecule has 0 spiro atoms. The van der Waals surface area contributed by atoms with Gasteiger partial charge in [0.05, 0.1) is 10.9 Å². The van der Waals surface area contributed by atoms with Crippen molar-refractivity contribution in [1.29, 1.82) is 0 Å². The molecule has 0 aliphatic rings. The number of hydrogen-bond acceptors (Lipinski definition) is 4. The molecule has 0 aliphatic heterocycles. The predicted molar refractivity (Wildman–Crippen MR) is 82.6 cm³/mol.